The third kappa shape index (κ3) is 2.90. The number of rotatable bonds is 4. The maximum Gasteiger partial charge on any atom is 0.361 e. The van der Waals surface area contributed by atoms with Crippen LogP contribution < -0.4 is 5.73 Å². The lowest BCUT2D eigenvalue weighted by atomic mass is 10.2. The van der Waals surface area contributed by atoms with Crippen LogP contribution in [0.3, 0.4) is 0 Å². The minimum Gasteiger partial charge on any atom is -0.451 e. The molecule has 0 bridgehead atoms. The van der Waals surface area contributed by atoms with Crippen molar-refractivity contribution in [3.05, 3.63) is 54.3 Å². The quantitative estimate of drug-likeness (QED) is 0.719. The predicted octanol–water partition coefficient (Wildman–Crippen LogP) is 1.47. The van der Waals surface area contributed by atoms with Crippen molar-refractivity contribution in [2.24, 2.45) is 0 Å². The van der Waals surface area contributed by atoms with Crippen LogP contribution in [0.4, 0.5) is 5.82 Å². The van der Waals surface area contributed by atoms with E-state index >= 15 is 0 Å². The summed E-state index contributed by atoms with van der Waals surface area (Å²) in [4.78, 5) is 23.5. The predicted molar refractivity (Wildman–Crippen MR) is 75.3 cm³/mol. The SMILES string of the molecule is Nc1nccnc1C(=O)OCc1nc(-c2ccccc2)no1. The maximum atomic E-state index is 11.8. The number of aromatic nitrogens is 4. The van der Waals surface area contributed by atoms with Gasteiger partial charge in [0.05, 0.1) is 0 Å². The fourth-order valence-electron chi connectivity index (χ4n) is 1.72. The minimum absolute atomic E-state index is 0.00278. The van der Waals surface area contributed by atoms with E-state index in [4.69, 9.17) is 15.0 Å². The number of hydrogen-bond donors (Lipinski definition) is 1. The van der Waals surface area contributed by atoms with Gasteiger partial charge in [0.25, 0.3) is 5.89 Å². The maximum absolute atomic E-state index is 11.8. The summed E-state index contributed by atoms with van der Waals surface area (Å²) in [6.07, 6.45) is 2.74. The van der Waals surface area contributed by atoms with Crippen molar-refractivity contribution in [2.45, 2.75) is 6.61 Å². The standard InChI is InChI=1S/C14H11N5O3/c15-12-11(16-6-7-17-12)14(20)21-8-10-18-13(19-22-10)9-4-2-1-3-5-9/h1-7H,8H2,(H2,15,17). The molecule has 0 saturated heterocycles. The van der Waals surface area contributed by atoms with E-state index in [1.807, 2.05) is 30.3 Å². The minimum atomic E-state index is -0.704. The van der Waals surface area contributed by atoms with Gasteiger partial charge in [0, 0.05) is 18.0 Å². The van der Waals surface area contributed by atoms with Crippen molar-refractivity contribution in [1.29, 1.82) is 0 Å². The molecule has 3 aromatic rings. The Hall–Kier alpha value is -3.29. The molecule has 0 aliphatic rings. The third-order valence-electron chi connectivity index (χ3n) is 2.75. The molecule has 22 heavy (non-hydrogen) atoms. The first-order chi connectivity index (χ1) is 10.7. The first-order valence-electron chi connectivity index (χ1n) is 6.35. The first kappa shape index (κ1) is 13.7. The van der Waals surface area contributed by atoms with Crippen molar-refractivity contribution < 1.29 is 14.1 Å². The summed E-state index contributed by atoms with van der Waals surface area (Å²) in [5.74, 6) is -0.103. The Morgan fingerprint density at radius 2 is 1.95 bits per heavy atom. The molecule has 0 spiro atoms. The number of benzene rings is 1. The number of nitrogen functional groups attached to an aromatic ring is 1. The fraction of sp³-hybridized carbons (Fsp3) is 0.0714. The lowest BCUT2D eigenvalue weighted by Gasteiger charge is -2.02. The highest BCUT2D eigenvalue weighted by Crippen LogP contribution is 2.15. The Morgan fingerprint density at radius 3 is 2.73 bits per heavy atom. The third-order valence-corrected chi connectivity index (χ3v) is 2.75. The van der Waals surface area contributed by atoms with Crippen LogP contribution >= 0.6 is 0 Å². The molecule has 2 N–H and O–H groups in total. The van der Waals surface area contributed by atoms with Crippen molar-refractivity contribution in [1.82, 2.24) is 20.1 Å². The van der Waals surface area contributed by atoms with Gasteiger partial charge in [-0.25, -0.2) is 14.8 Å². The highest BCUT2D eigenvalue weighted by atomic mass is 16.6. The molecule has 0 fully saturated rings. The molecule has 1 aromatic carbocycles. The van der Waals surface area contributed by atoms with Crippen molar-refractivity contribution in [3.8, 4) is 11.4 Å². The van der Waals surface area contributed by atoms with Crippen molar-refractivity contribution in [3.63, 3.8) is 0 Å². The Bertz CT molecular complexity index is 788. The van der Waals surface area contributed by atoms with E-state index in [9.17, 15) is 4.79 Å². The molecule has 3 rings (SSSR count). The molecule has 0 atom stereocenters. The number of nitrogens with zero attached hydrogens (tertiary/aromatic N) is 4. The monoisotopic (exact) mass is 297 g/mol. The summed E-state index contributed by atoms with van der Waals surface area (Å²) in [5.41, 5.74) is 6.30. The summed E-state index contributed by atoms with van der Waals surface area (Å²) in [7, 11) is 0. The van der Waals surface area contributed by atoms with Crippen LogP contribution in [-0.2, 0) is 11.3 Å². The van der Waals surface area contributed by atoms with Crippen molar-refractivity contribution in [2.75, 3.05) is 5.73 Å². The Labute approximate surface area is 125 Å². The van der Waals surface area contributed by atoms with E-state index in [1.54, 1.807) is 0 Å². The van der Waals surface area contributed by atoms with E-state index in [0.717, 1.165) is 5.56 Å². The number of nitrogens with two attached hydrogens (primary N) is 1. The Morgan fingerprint density at radius 1 is 1.18 bits per heavy atom. The Kier molecular flexibility index (Phi) is 3.73. The smallest absolute Gasteiger partial charge is 0.361 e. The van der Waals surface area contributed by atoms with Gasteiger partial charge in [-0.2, -0.15) is 4.98 Å². The second-order valence-corrected chi connectivity index (χ2v) is 4.24. The van der Waals surface area contributed by atoms with Crippen LogP contribution in [0.1, 0.15) is 16.4 Å². The van der Waals surface area contributed by atoms with Gasteiger partial charge in [-0.3, -0.25) is 0 Å². The topological polar surface area (TPSA) is 117 Å². The molecule has 8 heteroatoms. The number of hydrogen-bond acceptors (Lipinski definition) is 8. The van der Waals surface area contributed by atoms with Gasteiger partial charge in [0.1, 0.15) is 0 Å². The van der Waals surface area contributed by atoms with E-state index in [2.05, 4.69) is 20.1 Å². The molecule has 0 aliphatic heterocycles. The zero-order valence-corrected chi connectivity index (χ0v) is 11.3. The van der Waals surface area contributed by atoms with Crippen LogP contribution in [0.15, 0.2) is 47.2 Å². The van der Waals surface area contributed by atoms with Crippen LogP contribution in [0, 0.1) is 0 Å². The summed E-state index contributed by atoms with van der Waals surface area (Å²) < 4.78 is 10.1. The molecular formula is C14H11N5O3. The molecule has 0 unspecified atom stereocenters. The molecule has 0 amide bonds. The van der Waals surface area contributed by atoms with Crippen LogP contribution in [0.5, 0.6) is 0 Å². The molecule has 0 aliphatic carbocycles. The first-order valence-corrected chi connectivity index (χ1v) is 6.35. The highest BCUT2D eigenvalue weighted by molar-refractivity contribution is 5.91. The second-order valence-electron chi connectivity index (χ2n) is 4.24. The van der Waals surface area contributed by atoms with Gasteiger partial charge in [0.15, 0.2) is 18.1 Å². The molecule has 2 heterocycles. The average Bonchev–Trinajstić information content (AvgIpc) is 3.03. The second kappa shape index (κ2) is 6.00. The van der Waals surface area contributed by atoms with Gasteiger partial charge in [0.2, 0.25) is 5.82 Å². The van der Waals surface area contributed by atoms with Gasteiger partial charge in [-0.05, 0) is 0 Å². The summed E-state index contributed by atoms with van der Waals surface area (Å²) >= 11 is 0. The molecular weight excluding hydrogens is 286 g/mol. The molecule has 110 valence electrons. The molecule has 0 saturated carbocycles. The summed E-state index contributed by atoms with van der Waals surface area (Å²) in [5, 5.41) is 3.82. The molecule has 2 aromatic heterocycles. The van der Waals surface area contributed by atoms with E-state index in [-0.39, 0.29) is 24.0 Å². The lowest BCUT2D eigenvalue weighted by molar-refractivity contribution is 0.0424. The van der Waals surface area contributed by atoms with Crippen molar-refractivity contribution >= 4 is 11.8 Å². The summed E-state index contributed by atoms with van der Waals surface area (Å²) in [6.45, 7) is -0.172. The van der Waals surface area contributed by atoms with Gasteiger partial charge < -0.3 is 15.0 Å². The zero-order valence-electron chi connectivity index (χ0n) is 11.3. The number of ether oxygens (including phenoxy) is 1. The van der Waals surface area contributed by atoms with Crippen LogP contribution in [0.25, 0.3) is 11.4 Å². The lowest BCUT2D eigenvalue weighted by Crippen LogP contribution is -2.11. The average molecular weight is 297 g/mol. The normalized spacial score (nSPS) is 10.4. The van der Waals surface area contributed by atoms with Crippen LogP contribution in [-0.4, -0.2) is 26.1 Å². The molecule has 0 radical (unpaired) electrons. The van der Waals surface area contributed by atoms with Crippen LogP contribution in [0.2, 0.25) is 0 Å². The van der Waals surface area contributed by atoms with Gasteiger partial charge >= 0.3 is 5.97 Å². The largest absolute Gasteiger partial charge is 0.451 e. The number of carbonyl (C=O) groups excluding carboxylic acids is 1. The van der Waals surface area contributed by atoms with E-state index < -0.39 is 5.97 Å². The van der Waals surface area contributed by atoms with E-state index in [1.165, 1.54) is 12.4 Å². The number of anilines is 1. The van der Waals surface area contributed by atoms with Gasteiger partial charge in [-0.15, -0.1) is 0 Å². The zero-order chi connectivity index (χ0) is 15.4. The Balaban J connectivity index is 1.67. The van der Waals surface area contributed by atoms with E-state index in [0.29, 0.717) is 5.82 Å². The highest BCUT2D eigenvalue weighted by Gasteiger charge is 2.16. The summed E-state index contributed by atoms with van der Waals surface area (Å²) in [6, 6.07) is 9.31. The van der Waals surface area contributed by atoms with Gasteiger partial charge in [-0.1, -0.05) is 35.5 Å². The number of esters is 1. The molecule has 8 nitrogen and oxygen atoms in total. The number of carbonyl (C=O) groups is 1. The fourth-order valence-corrected chi connectivity index (χ4v) is 1.72.